The van der Waals surface area contributed by atoms with Gasteiger partial charge in [-0.15, -0.1) is 0 Å². The van der Waals surface area contributed by atoms with Gasteiger partial charge in [0, 0.05) is 0 Å². The number of ether oxygens (including phenoxy) is 12. The fraction of sp³-hybridized carbons (Fsp3) is 0.918. The van der Waals surface area contributed by atoms with Crippen LogP contribution in [0.15, 0.2) is 0 Å². The molecule has 9 atom stereocenters. The fourth-order valence-electron chi connectivity index (χ4n) is 3.98. The van der Waals surface area contributed by atoms with Gasteiger partial charge in [-0.3, -0.25) is 19.2 Å². The Bertz CT molecular complexity index is 1310. The lowest BCUT2D eigenvalue weighted by Crippen LogP contribution is -2.27. The van der Waals surface area contributed by atoms with Crippen LogP contribution in [0.4, 0.5) is 0 Å². The van der Waals surface area contributed by atoms with Gasteiger partial charge >= 0.3 is 23.9 Å². The van der Waals surface area contributed by atoms with Crippen molar-refractivity contribution < 1.29 is 76.0 Å². The molecule has 0 aromatic heterocycles. The Hall–Kier alpha value is -2.44. The Morgan fingerprint density at radius 3 is 1.32 bits per heavy atom. The van der Waals surface area contributed by atoms with Crippen LogP contribution in [0.2, 0.25) is 0 Å². The minimum atomic E-state index is -0.352. The predicted octanol–water partition coefficient (Wildman–Crippen LogP) is 7.75. The molecule has 0 spiro atoms. The zero-order valence-corrected chi connectivity index (χ0v) is 43.0. The van der Waals surface area contributed by atoms with E-state index in [4.69, 9.17) is 56.8 Å². The topological polar surface area (TPSA) is 199 Å². The van der Waals surface area contributed by atoms with Gasteiger partial charge in [0.2, 0.25) is 0 Å². The van der Waals surface area contributed by atoms with Crippen molar-refractivity contribution in [3.05, 3.63) is 0 Å². The lowest BCUT2D eigenvalue weighted by Gasteiger charge is -2.22. The summed E-state index contributed by atoms with van der Waals surface area (Å²) in [6.07, 6.45) is 8.20. The largest absolute Gasteiger partial charge is 0.463 e. The summed E-state index contributed by atoms with van der Waals surface area (Å²) < 4.78 is 60.9. The highest BCUT2D eigenvalue weighted by Gasteiger charge is 2.32. The second-order valence-electron chi connectivity index (χ2n) is 19.2. The zero-order valence-electron chi connectivity index (χ0n) is 43.0. The van der Waals surface area contributed by atoms with Gasteiger partial charge in [0.1, 0.15) is 43.2 Å². The van der Waals surface area contributed by atoms with Gasteiger partial charge in [0.25, 0.3) is 0 Å². The molecule has 6 saturated heterocycles. The normalized spacial score (nSPS) is 24.1. The van der Waals surface area contributed by atoms with Crippen LogP contribution in [0.3, 0.4) is 0 Å². The van der Waals surface area contributed by atoms with Crippen molar-refractivity contribution >= 4 is 23.9 Å². The molecule has 0 saturated carbocycles. The predicted molar refractivity (Wildman–Crippen MR) is 245 cm³/mol. The summed E-state index contributed by atoms with van der Waals surface area (Å²) in [5, 5.41) is 0. The van der Waals surface area contributed by atoms with Crippen LogP contribution in [0, 0.1) is 11.3 Å². The molecule has 0 aromatic carbocycles. The highest BCUT2D eigenvalue weighted by atomic mass is 16.6. The highest BCUT2D eigenvalue weighted by Crippen LogP contribution is 2.23. The van der Waals surface area contributed by atoms with E-state index in [1.54, 1.807) is 0 Å². The van der Waals surface area contributed by atoms with Gasteiger partial charge < -0.3 is 56.8 Å². The first-order valence-electron chi connectivity index (χ1n) is 24.2. The zero-order chi connectivity index (χ0) is 49.2. The maximum atomic E-state index is 11.4. The maximum absolute atomic E-state index is 11.4. The second kappa shape index (κ2) is 31.6. The fourth-order valence-corrected chi connectivity index (χ4v) is 3.98. The van der Waals surface area contributed by atoms with Gasteiger partial charge in [-0.05, 0) is 93.9 Å². The minimum absolute atomic E-state index is 0.0220. The summed E-state index contributed by atoms with van der Waals surface area (Å²) in [6, 6.07) is 0. The summed E-state index contributed by atoms with van der Waals surface area (Å²) in [6.45, 7) is 37.0. The van der Waals surface area contributed by atoms with Crippen molar-refractivity contribution in [2.45, 2.75) is 215 Å². The summed E-state index contributed by atoms with van der Waals surface area (Å²) >= 11 is 0. The van der Waals surface area contributed by atoms with Gasteiger partial charge in [-0.1, -0.05) is 48.5 Å². The molecule has 0 amide bonds. The van der Waals surface area contributed by atoms with Crippen LogP contribution in [0.5, 0.6) is 0 Å². The minimum Gasteiger partial charge on any atom is -0.463 e. The molecule has 0 bridgehead atoms. The number of epoxide rings is 6. The number of carbonyl (C=O) groups is 4. The van der Waals surface area contributed by atoms with E-state index in [9.17, 15) is 19.2 Å². The summed E-state index contributed by atoms with van der Waals surface area (Å²) in [5.41, 5.74) is -0.646. The monoisotopic (exact) mass is 935 g/mol. The van der Waals surface area contributed by atoms with Crippen LogP contribution in [0.25, 0.3) is 0 Å². The number of carbonyl (C=O) groups excluding carboxylic acids is 4. The maximum Gasteiger partial charge on any atom is 0.311 e. The third kappa shape index (κ3) is 35.4. The van der Waals surface area contributed by atoms with Crippen LogP contribution < -0.4 is 0 Å². The van der Waals surface area contributed by atoms with E-state index in [1.807, 2.05) is 69.2 Å². The van der Waals surface area contributed by atoms with E-state index in [-0.39, 0.29) is 76.9 Å². The first kappa shape index (κ1) is 60.6. The van der Waals surface area contributed by atoms with Crippen molar-refractivity contribution in [3.63, 3.8) is 0 Å². The van der Waals surface area contributed by atoms with E-state index in [2.05, 4.69) is 34.6 Å². The van der Waals surface area contributed by atoms with Crippen molar-refractivity contribution in [3.8, 4) is 0 Å². The first-order valence-corrected chi connectivity index (χ1v) is 24.2. The Labute approximate surface area is 391 Å². The molecular formula is C49H90O16. The van der Waals surface area contributed by atoms with Crippen LogP contribution in [0.1, 0.15) is 155 Å². The summed E-state index contributed by atoms with van der Waals surface area (Å²) in [5.74, 6) is -0.497. The number of esters is 4. The molecule has 0 N–H and O–H groups in total. The molecule has 16 nitrogen and oxygen atoms in total. The van der Waals surface area contributed by atoms with E-state index in [0.717, 1.165) is 84.8 Å². The molecule has 0 radical (unpaired) electrons. The Morgan fingerprint density at radius 1 is 0.508 bits per heavy atom. The van der Waals surface area contributed by atoms with Gasteiger partial charge in [-0.2, -0.15) is 0 Å². The number of rotatable bonds is 24. The quantitative estimate of drug-likeness (QED) is 0.0516. The average Bonchev–Trinajstić information content (AvgIpc) is 4.04. The van der Waals surface area contributed by atoms with Gasteiger partial charge in [-0.25, -0.2) is 0 Å². The lowest BCUT2D eigenvalue weighted by atomic mass is 9.91. The molecule has 6 aliphatic heterocycles. The third-order valence-electron chi connectivity index (χ3n) is 11.3. The van der Waals surface area contributed by atoms with E-state index < -0.39 is 0 Å². The molecule has 6 fully saturated rings. The molecular weight excluding hydrogens is 845 g/mol. The Kier molecular flexibility index (Phi) is 29.4. The van der Waals surface area contributed by atoms with E-state index >= 15 is 0 Å². The third-order valence-corrected chi connectivity index (χ3v) is 11.3. The standard InChI is InChI=1S/2C9H16O3.2C8H14O3.C8H16O2.C7H14O2/c1-4-9(2,3)8(10)12-6-7-5-11-7;1-4-9(2,3)12-8(10)5-7-6-11-7;1-3-6(2)8(9)11-5-7-4-10-7;1-3-6(2)11-8(9)4-7-5-10-7;1-4-8(2,3)10-6-7-5-9-7;1-3-6(2)8-4-7-5-9-7/h2*7H,4-6H2,1-3H3;2*6-7H,3-5H2,1-2H3;7H,4-6H2,1-3H3;6-7H,3-5H2,1-2H3. The Morgan fingerprint density at radius 2 is 0.923 bits per heavy atom. The first-order chi connectivity index (χ1) is 30.5. The van der Waals surface area contributed by atoms with Crippen LogP contribution in [-0.4, -0.2) is 150 Å². The molecule has 65 heavy (non-hydrogen) atoms. The number of hydrogen-bond donors (Lipinski definition) is 0. The smallest absolute Gasteiger partial charge is 0.311 e. The van der Waals surface area contributed by atoms with Gasteiger partial charge in [0.15, 0.2) is 0 Å². The van der Waals surface area contributed by atoms with Crippen molar-refractivity contribution in [1.29, 1.82) is 0 Å². The summed E-state index contributed by atoms with van der Waals surface area (Å²) in [4.78, 5) is 44.5. The van der Waals surface area contributed by atoms with Gasteiger partial charge in [0.05, 0.1) is 107 Å². The molecule has 6 aliphatic rings. The molecule has 6 heterocycles. The van der Waals surface area contributed by atoms with Crippen LogP contribution in [-0.2, 0) is 76.0 Å². The molecule has 382 valence electrons. The highest BCUT2D eigenvalue weighted by molar-refractivity contribution is 5.75. The Balaban J connectivity index is 0.000000391. The lowest BCUT2D eigenvalue weighted by molar-refractivity contribution is -0.157. The van der Waals surface area contributed by atoms with Crippen molar-refractivity contribution in [1.82, 2.24) is 0 Å². The molecule has 16 heteroatoms. The van der Waals surface area contributed by atoms with Crippen molar-refractivity contribution in [2.75, 3.05) is 66.1 Å². The second-order valence-corrected chi connectivity index (χ2v) is 19.2. The SMILES string of the molecule is CCC(C)(C)C(=O)OCC1CO1.CCC(C)(C)OC(=O)CC1CO1.CCC(C)(C)OCC1CO1.CCC(C)C(=O)OCC1CO1.CCC(C)OC(=O)CC1CO1.CCC(C)OCC1CO1. The van der Waals surface area contributed by atoms with E-state index in [1.165, 1.54) is 0 Å². The molecule has 9 unspecified atom stereocenters. The molecule has 6 rings (SSSR count). The molecule has 0 aliphatic carbocycles. The summed E-state index contributed by atoms with van der Waals surface area (Å²) in [7, 11) is 0. The average molecular weight is 935 g/mol. The van der Waals surface area contributed by atoms with Crippen molar-refractivity contribution in [2.24, 2.45) is 11.3 Å². The van der Waals surface area contributed by atoms with Crippen LogP contribution >= 0.6 is 0 Å². The molecule has 0 aromatic rings. The van der Waals surface area contributed by atoms with E-state index in [0.29, 0.717) is 51.0 Å². The number of hydrogen-bond acceptors (Lipinski definition) is 16.